The van der Waals surface area contributed by atoms with Crippen LogP contribution in [0.5, 0.6) is 0 Å². The summed E-state index contributed by atoms with van der Waals surface area (Å²) in [6.07, 6.45) is 1.86. The lowest BCUT2D eigenvalue weighted by molar-refractivity contribution is 0.596. The molecule has 0 saturated carbocycles. The Morgan fingerprint density at radius 2 is 1.71 bits per heavy atom. The molecule has 0 atom stereocenters. The summed E-state index contributed by atoms with van der Waals surface area (Å²) in [6.45, 7) is 8.98. The van der Waals surface area contributed by atoms with Crippen molar-refractivity contribution < 1.29 is 4.42 Å². The lowest BCUT2D eigenvalue weighted by atomic mass is 9.82. The van der Waals surface area contributed by atoms with E-state index < -0.39 is 0 Å². The smallest absolute Gasteiger partial charge is 0.139 e. The fraction of sp³-hybridized carbons (Fsp3) is 0.179. The fourth-order valence-electron chi connectivity index (χ4n) is 4.66. The number of furan rings is 1. The molecular weight excluding hydrogens is 398 g/mol. The molecule has 0 radical (unpaired) electrons. The van der Waals surface area contributed by atoms with Crippen LogP contribution >= 0.6 is 11.3 Å². The van der Waals surface area contributed by atoms with Crippen LogP contribution in [0.4, 0.5) is 0 Å². The highest BCUT2D eigenvalue weighted by Gasteiger charge is 2.21. The molecule has 2 nitrogen and oxygen atoms in total. The molecule has 0 unspecified atom stereocenters. The number of pyridine rings is 1. The topological polar surface area (TPSA) is 26.0 Å². The number of aromatic nitrogens is 1. The van der Waals surface area contributed by atoms with Crippen molar-refractivity contribution in [2.75, 3.05) is 0 Å². The van der Waals surface area contributed by atoms with Crippen LogP contribution < -0.4 is 0 Å². The zero-order chi connectivity index (χ0) is 21.3. The molecule has 152 valence electrons. The monoisotopic (exact) mass is 421 g/mol. The van der Waals surface area contributed by atoms with Gasteiger partial charge in [-0.15, -0.1) is 11.3 Å². The van der Waals surface area contributed by atoms with Crippen LogP contribution in [-0.4, -0.2) is 4.98 Å². The number of fused-ring (bicyclic) bond motifs is 5. The van der Waals surface area contributed by atoms with Crippen molar-refractivity contribution >= 4 is 54.1 Å². The van der Waals surface area contributed by atoms with Crippen molar-refractivity contribution in [3.05, 3.63) is 77.3 Å². The summed E-state index contributed by atoms with van der Waals surface area (Å²) in [5.41, 5.74) is 6.60. The number of nitrogens with zero attached hydrogens (tertiary/aromatic N) is 1. The zero-order valence-electron chi connectivity index (χ0n) is 18.1. The van der Waals surface area contributed by atoms with E-state index in [1.807, 2.05) is 12.3 Å². The van der Waals surface area contributed by atoms with E-state index in [1.54, 1.807) is 11.3 Å². The molecular formula is C28H23NOS. The maximum absolute atomic E-state index is 6.30. The second-order valence-corrected chi connectivity index (χ2v) is 10.3. The molecule has 0 aliphatic carbocycles. The molecule has 6 aromatic rings. The molecule has 0 amide bonds. The Bertz CT molecular complexity index is 1630. The largest absolute Gasteiger partial charge is 0.456 e. The third-order valence-corrected chi connectivity index (χ3v) is 7.28. The van der Waals surface area contributed by atoms with E-state index in [9.17, 15) is 0 Å². The second kappa shape index (κ2) is 6.41. The Labute approximate surface area is 185 Å². The quantitative estimate of drug-likeness (QED) is 0.265. The lowest BCUT2D eigenvalue weighted by Gasteiger charge is -2.22. The summed E-state index contributed by atoms with van der Waals surface area (Å²) in [5, 5.41) is 8.26. The van der Waals surface area contributed by atoms with Crippen LogP contribution in [0, 0.1) is 6.92 Å². The number of hydrogen-bond donors (Lipinski definition) is 0. The first-order valence-corrected chi connectivity index (χ1v) is 11.5. The Morgan fingerprint density at radius 1 is 0.871 bits per heavy atom. The maximum Gasteiger partial charge on any atom is 0.139 e. The second-order valence-electron chi connectivity index (χ2n) is 9.39. The van der Waals surface area contributed by atoms with Gasteiger partial charge in [0.1, 0.15) is 11.2 Å². The summed E-state index contributed by atoms with van der Waals surface area (Å²) >= 11 is 1.79. The van der Waals surface area contributed by atoms with Crippen LogP contribution in [0.15, 0.2) is 70.6 Å². The maximum atomic E-state index is 6.30. The minimum Gasteiger partial charge on any atom is -0.456 e. The third-order valence-electron chi connectivity index (χ3n) is 6.21. The van der Waals surface area contributed by atoms with Gasteiger partial charge < -0.3 is 4.42 Å². The van der Waals surface area contributed by atoms with Crippen LogP contribution in [0.1, 0.15) is 31.9 Å². The number of aryl methyl sites for hydroxylation is 1. The van der Waals surface area contributed by atoms with Gasteiger partial charge in [0.05, 0.1) is 11.1 Å². The van der Waals surface area contributed by atoms with Crippen LogP contribution in [0.25, 0.3) is 54.1 Å². The van der Waals surface area contributed by atoms with E-state index in [2.05, 4.69) is 81.6 Å². The van der Waals surface area contributed by atoms with E-state index in [4.69, 9.17) is 9.40 Å². The van der Waals surface area contributed by atoms with Gasteiger partial charge in [0.15, 0.2) is 0 Å². The van der Waals surface area contributed by atoms with Gasteiger partial charge in [-0.1, -0.05) is 45.0 Å². The van der Waals surface area contributed by atoms with Gasteiger partial charge in [-0.05, 0) is 75.3 Å². The Morgan fingerprint density at radius 3 is 2.55 bits per heavy atom. The van der Waals surface area contributed by atoms with E-state index in [0.717, 1.165) is 33.2 Å². The van der Waals surface area contributed by atoms with Gasteiger partial charge in [-0.2, -0.15) is 0 Å². The molecule has 3 aromatic carbocycles. The zero-order valence-corrected chi connectivity index (χ0v) is 18.9. The van der Waals surface area contributed by atoms with Crippen LogP contribution in [0.3, 0.4) is 0 Å². The van der Waals surface area contributed by atoms with Crippen molar-refractivity contribution in [1.29, 1.82) is 0 Å². The summed E-state index contributed by atoms with van der Waals surface area (Å²) in [4.78, 5) is 4.86. The van der Waals surface area contributed by atoms with Crippen molar-refractivity contribution in [1.82, 2.24) is 4.98 Å². The molecule has 0 aliphatic rings. The van der Waals surface area contributed by atoms with Gasteiger partial charge in [0.25, 0.3) is 0 Å². The Balaban J connectivity index is 1.72. The average molecular weight is 422 g/mol. The van der Waals surface area contributed by atoms with Gasteiger partial charge in [0.2, 0.25) is 0 Å². The van der Waals surface area contributed by atoms with Gasteiger partial charge in [0, 0.05) is 21.8 Å². The van der Waals surface area contributed by atoms with Crippen molar-refractivity contribution in [2.24, 2.45) is 0 Å². The summed E-state index contributed by atoms with van der Waals surface area (Å²) in [6, 6.07) is 19.6. The van der Waals surface area contributed by atoms with Crippen LogP contribution in [-0.2, 0) is 5.41 Å². The summed E-state index contributed by atoms with van der Waals surface area (Å²) in [5.74, 6) is 0. The highest BCUT2D eigenvalue weighted by atomic mass is 32.1. The molecule has 0 N–H and O–H groups in total. The van der Waals surface area contributed by atoms with Crippen molar-refractivity contribution in [2.45, 2.75) is 33.1 Å². The molecule has 3 aromatic heterocycles. The summed E-state index contributed by atoms with van der Waals surface area (Å²) in [7, 11) is 0. The van der Waals surface area contributed by atoms with Crippen molar-refractivity contribution in [3.8, 4) is 11.3 Å². The Kier molecular flexibility index (Phi) is 3.85. The van der Waals surface area contributed by atoms with E-state index in [0.29, 0.717) is 0 Å². The third kappa shape index (κ3) is 2.80. The lowest BCUT2D eigenvalue weighted by Crippen LogP contribution is -2.12. The van der Waals surface area contributed by atoms with Gasteiger partial charge >= 0.3 is 0 Å². The fourth-order valence-corrected chi connectivity index (χ4v) is 5.62. The highest BCUT2D eigenvalue weighted by molar-refractivity contribution is 7.17. The normalized spacial score (nSPS) is 12.5. The molecule has 6 rings (SSSR count). The first-order chi connectivity index (χ1) is 14.9. The Hall–Kier alpha value is -3.17. The van der Waals surface area contributed by atoms with Crippen molar-refractivity contribution in [3.63, 3.8) is 0 Å². The SMILES string of the molecule is Cc1csc2cc3c(cc12)oc1ccnc(-c2cc(C(C)(C)C)c4ccccc4c2)c13. The molecule has 0 spiro atoms. The standard InChI is InChI=1S/C28H23NOS/c1-16-15-31-25-14-21-24(13-20(16)25)30-23-9-10-29-27(26(21)23)18-11-17-7-5-6-8-19(17)22(12-18)28(2,3)4/h5-15H,1-4H3. The van der Waals surface area contributed by atoms with Gasteiger partial charge in [-0.3, -0.25) is 4.98 Å². The van der Waals surface area contributed by atoms with Crippen LogP contribution in [0.2, 0.25) is 0 Å². The predicted octanol–water partition coefficient (Wildman–Crippen LogP) is 8.62. The number of thiophene rings is 1. The van der Waals surface area contributed by atoms with E-state index in [-0.39, 0.29) is 5.41 Å². The number of rotatable bonds is 1. The molecule has 0 fully saturated rings. The first kappa shape index (κ1) is 18.6. The predicted molar refractivity (Wildman–Crippen MR) is 133 cm³/mol. The number of hydrogen-bond acceptors (Lipinski definition) is 3. The molecule has 0 bridgehead atoms. The number of benzene rings is 3. The molecule has 31 heavy (non-hydrogen) atoms. The molecule has 3 heteroatoms. The first-order valence-electron chi connectivity index (χ1n) is 10.6. The van der Waals surface area contributed by atoms with Gasteiger partial charge in [-0.25, -0.2) is 0 Å². The molecule has 0 aliphatic heterocycles. The molecule has 0 saturated heterocycles. The van der Waals surface area contributed by atoms with E-state index in [1.165, 1.54) is 32.0 Å². The summed E-state index contributed by atoms with van der Waals surface area (Å²) < 4.78 is 7.59. The van der Waals surface area contributed by atoms with E-state index >= 15 is 0 Å². The average Bonchev–Trinajstić information content (AvgIpc) is 3.30. The highest BCUT2D eigenvalue weighted by Crippen LogP contribution is 2.41. The minimum absolute atomic E-state index is 0.0304. The minimum atomic E-state index is 0.0304. The molecule has 3 heterocycles.